The maximum atomic E-state index is 11.4. The fraction of sp³-hybridized carbons (Fsp3) is 0.435. The van der Waals surface area contributed by atoms with Crippen LogP contribution in [0.2, 0.25) is 0 Å². The summed E-state index contributed by atoms with van der Waals surface area (Å²) in [5, 5.41) is 2.83. The monoisotopic (exact) mass is 396 g/mol. The van der Waals surface area contributed by atoms with Gasteiger partial charge in [0.25, 0.3) is 0 Å². The minimum absolute atomic E-state index is 0.0869. The Morgan fingerprint density at radius 3 is 2.72 bits per heavy atom. The summed E-state index contributed by atoms with van der Waals surface area (Å²) in [5.74, 6) is 1.85. The summed E-state index contributed by atoms with van der Waals surface area (Å²) < 4.78 is 17.3. The van der Waals surface area contributed by atoms with E-state index < -0.39 is 0 Å². The Bertz CT molecular complexity index is 831. The number of carbonyl (C=O) groups is 1. The first-order chi connectivity index (χ1) is 14.2. The highest BCUT2D eigenvalue weighted by atomic mass is 16.5. The number of rotatable bonds is 7. The molecule has 2 aliphatic heterocycles. The predicted octanol–water partition coefficient (Wildman–Crippen LogP) is 2.64. The molecule has 0 spiro atoms. The molecular formula is C23H28N2O4. The number of carbonyl (C=O) groups excluding carboxylic acids is 1. The van der Waals surface area contributed by atoms with Crippen molar-refractivity contribution in [1.82, 2.24) is 10.2 Å². The number of benzene rings is 2. The van der Waals surface area contributed by atoms with Crippen LogP contribution in [0, 0.1) is 6.92 Å². The molecule has 1 atom stereocenters. The van der Waals surface area contributed by atoms with Crippen molar-refractivity contribution in [2.75, 3.05) is 46.0 Å². The molecule has 2 fully saturated rings. The number of piperazine rings is 1. The average molecular weight is 396 g/mol. The van der Waals surface area contributed by atoms with E-state index >= 15 is 0 Å². The molecule has 6 nitrogen and oxygen atoms in total. The van der Waals surface area contributed by atoms with Crippen LogP contribution in [-0.2, 0) is 9.53 Å². The smallest absolute Gasteiger partial charge is 0.234 e. The van der Waals surface area contributed by atoms with Crippen molar-refractivity contribution in [3.05, 3.63) is 48.0 Å². The summed E-state index contributed by atoms with van der Waals surface area (Å²) in [6.45, 7) is 6.90. The second-order valence-corrected chi connectivity index (χ2v) is 7.58. The molecule has 0 radical (unpaired) electrons. The lowest BCUT2D eigenvalue weighted by atomic mass is 10.0. The van der Waals surface area contributed by atoms with Crippen molar-refractivity contribution in [2.24, 2.45) is 0 Å². The fourth-order valence-electron chi connectivity index (χ4n) is 3.67. The van der Waals surface area contributed by atoms with Gasteiger partial charge in [-0.1, -0.05) is 18.2 Å². The van der Waals surface area contributed by atoms with Gasteiger partial charge in [-0.25, -0.2) is 0 Å². The van der Waals surface area contributed by atoms with Gasteiger partial charge in [0.05, 0.1) is 19.8 Å². The maximum Gasteiger partial charge on any atom is 0.234 e. The number of nitrogens with zero attached hydrogens (tertiary/aromatic N) is 1. The van der Waals surface area contributed by atoms with Crippen LogP contribution in [0.25, 0.3) is 11.1 Å². The van der Waals surface area contributed by atoms with Gasteiger partial charge in [0, 0.05) is 26.1 Å². The fourth-order valence-corrected chi connectivity index (χ4v) is 3.67. The van der Waals surface area contributed by atoms with Crippen LogP contribution >= 0.6 is 0 Å². The largest absolute Gasteiger partial charge is 0.492 e. The van der Waals surface area contributed by atoms with Crippen molar-refractivity contribution in [3.8, 4) is 22.6 Å². The standard InChI is InChI=1S/C23H28N2O4/c1-17-14-19(4-7-22(17)29-21-8-12-27-16-21)18-2-5-20(6-3-18)28-13-11-25-10-9-24-23(26)15-25/h2-7,14,21H,8-13,15-16H2,1H3,(H,24,26). The molecule has 6 heteroatoms. The third kappa shape index (κ3) is 5.28. The molecule has 29 heavy (non-hydrogen) atoms. The number of nitrogens with one attached hydrogen (secondary N) is 1. The minimum Gasteiger partial charge on any atom is -0.492 e. The Hall–Kier alpha value is -2.57. The SMILES string of the molecule is Cc1cc(-c2ccc(OCCN3CCNC(=O)C3)cc2)ccc1OC1CCOC1. The Kier molecular flexibility index (Phi) is 6.32. The Labute approximate surface area is 171 Å². The Morgan fingerprint density at radius 1 is 1.17 bits per heavy atom. The molecule has 1 N–H and O–H groups in total. The van der Waals surface area contributed by atoms with Gasteiger partial charge < -0.3 is 19.5 Å². The summed E-state index contributed by atoms with van der Waals surface area (Å²) in [4.78, 5) is 13.5. The molecule has 2 heterocycles. The van der Waals surface area contributed by atoms with E-state index in [9.17, 15) is 4.79 Å². The first-order valence-corrected chi connectivity index (χ1v) is 10.2. The normalized spacial score (nSPS) is 19.8. The van der Waals surface area contributed by atoms with E-state index in [1.165, 1.54) is 0 Å². The van der Waals surface area contributed by atoms with Crippen LogP contribution < -0.4 is 14.8 Å². The van der Waals surface area contributed by atoms with Gasteiger partial charge in [0.15, 0.2) is 0 Å². The molecule has 1 unspecified atom stereocenters. The highest BCUT2D eigenvalue weighted by Gasteiger charge is 2.18. The molecule has 2 aliphatic rings. The number of aryl methyl sites for hydroxylation is 1. The molecule has 1 amide bonds. The summed E-state index contributed by atoms with van der Waals surface area (Å²) >= 11 is 0. The summed E-state index contributed by atoms with van der Waals surface area (Å²) in [6, 6.07) is 14.4. The van der Waals surface area contributed by atoms with E-state index in [1.54, 1.807) is 0 Å². The van der Waals surface area contributed by atoms with E-state index in [0.29, 0.717) is 26.3 Å². The zero-order chi connectivity index (χ0) is 20.1. The molecule has 2 saturated heterocycles. The van der Waals surface area contributed by atoms with Gasteiger partial charge in [-0.15, -0.1) is 0 Å². The summed E-state index contributed by atoms with van der Waals surface area (Å²) in [7, 11) is 0. The topological polar surface area (TPSA) is 60.0 Å². The molecule has 4 rings (SSSR count). The van der Waals surface area contributed by atoms with Crippen LogP contribution in [0.5, 0.6) is 11.5 Å². The molecule has 0 saturated carbocycles. The minimum atomic E-state index is 0.0869. The van der Waals surface area contributed by atoms with Crippen LogP contribution in [-0.4, -0.2) is 62.9 Å². The average Bonchev–Trinajstić information content (AvgIpc) is 3.23. The van der Waals surface area contributed by atoms with E-state index in [1.807, 2.05) is 18.2 Å². The molecular weight excluding hydrogens is 368 g/mol. The van der Waals surface area contributed by atoms with Crippen LogP contribution in [0.15, 0.2) is 42.5 Å². The van der Waals surface area contributed by atoms with Crippen molar-refractivity contribution in [2.45, 2.75) is 19.4 Å². The third-order valence-electron chi connectivity index (χ3n) is 5.34. The number of amides is 1. The predicted molar refractivity (Wildman–Crippen MR) is 111 cm³/mol. The highest BCUT2D eigenvalue weighted by molar-refractivity contribution is 5.78. The van der Waals surface area contributed by atoms with E-state index in [2.05, 4.69) is 41.4 Å². The second-order valence-electron chi connectivity index (χ2n) is 7.58. The van der Waals surface area contributed by atoms with Crippen molar-refractivity contribution in [1.29, 1.82) is 0 Å². The number of ether oxygens (including phenoxy) is 3. The Morgan fingerprint density at radius 2 is 2.00 bits per heavy atom. The van der Waals surface area contributed by atoms with Gasteiger partial charge in [0.2, 0.25) is 5.91 Å². The number of hydrogen-bond acceptors (Lipinski definition) is 5. The van der Waals surface area contributed by atoms with E-state index in [-0.39, 0.29) is 12.0 Å². The first-order valence-electron chi connectivity index (χ1n) is 10.2. The molecule has 0 aliphatic carbocycles. The number of hydrogen-bond donors (Lipinski definition) is 1. The van der Waals surface area contributed by atoms with E-state index in [0.717, 1.165) is 54.3 Å². The van der Waals surface area contributed by atoms with Crippen LogP contribution in [0.4, 0.5) is 0 Å². The lowest BCUT2D eigenvalue weighted by molar-refractivity contribution is -0.124. The van der Waals surface area contributed by atoms with Gasteiger partial charge in [-0.05, 0) is 47.9 Å². The zero-order valence-corrected chi connectivity index (χ0v) is 16.9. The van der Waals surface area contributed by atoms with Gasteiger partial charge in [0.1, 0.15) is 24.2 Å². The zero-order valence-electron chi connectivity index (χ0n) is 16.9. The van der Waals surface area contributed by atoms with Crippen LogP contribution in [0.1, 0.15) is 12.0 Å². The lowest BCUT2D eigenvalue weighted by Crippen LogP contribution is -2.48. The summed E-state index contributed by atoms with van der Waals surface area (Å²) in [6.07, 6.45) is 1.11. The quantitative estimate of drug-likeness (QED) is 0.780. The lowest BCUT2D eigenvalue weighted by Gasteiger charge is -2.26. The van der Waals surface area contributed by atoms with Gasteiger partial charge in [-0.3, -0.25) is 9.69 Å². The second kappa shape index (κ2) is 9.29. The van der Waals surface area contributed by atoms with Crippen LogP contribution in [0.3, 0.4) is 0 Å². The maximum absolute atomic E-state index is 11.4. The van der Waals surface area contributed by atoms with E-state index in [4.69, 9.17) is 14.2 Å². The third-order valence-corrected chi connectivity index (χ3v) is 5.34. The molecule has 154 valence electrons. The highest BCUT2D eigenvalue weighted by Crippen LogP contribution is 2.29. The summed E-state index contributed by atoms with van der Waals surface area (Å²) in [5.41, 5.74) is 3.42. The van der Waals surface area contributed by atoms with Crippen molar-refractivity contribution in [3.63, 3.8) is 0 Å². The Balaban J connectivity index is 1.31. The molecule has 0 bridgehead atoms. The molecule has 2 aromatic rings. The van der Waals surface area contributed by atoms with Gasteiger partial charge >= 0.3 is 0 Å². The molecule has 2 aromatic carbocycles. The van der Waals surface area contributed by atoms with Gasteiger partial charge in [-0.2, -0.15) is 0 Å². The van der Waals surface area contributed by atoms with Crippen molar-refractivity contribution >= 4 is 5.91 Å². The van der Waals surface area contributed by atoms with Crippen molar-refractivity contribution < 1.29 is 19.0 Å². The molecule has 0 aromatic heterocycles. The first kappa shape index (κ1) is 19.7.